The number of allylic oxidation sites excluding steroid dienone is 1. The molecule has 1 unspecified atom stereocenters. The Morgan fingerprint density at radius 3 is 2.91 bits per heavy atom. The predicted octanol–water partition coefficient (Wildman–Crippen LogP) is 1.21. The minimum atomic E-state index is 0.282. The van der Waals surface area contributed by atoms with Crippen molar-refractivity contribution < 1.29 is 4.74 Å². The predicted molar refractivity (Wildman–Crippen MR) is 51.9 cm³/mol. The van der Waals surface area contributed by atoms with E-state index in [4.69, 9.17) is 4.74 Å². The molecule has 64 valence electrons. The summed E-state index contributed by atoms with van der Waals surface area (Å²) in [5.41, 5.74) is 0. The third-order valence-corrected chi connectivity index (χ3v) is 3.53. The smallest absolute Gasteiger partial charge is 0.0519 e. The first-order chi connectivity index (χ1) is 5.27. The Balaban J connectivity index is 2.37. The number of rotatable bonds is 2. The van der Waals surface area contributed by atoms with Crippen molar-refractivity contribution in [1.29, 1.82) is 0 Å². The van der Waals surface area contributed by atoms with Gasteiger partial charge in [0.1, 0.15) is 0 Å². The van der Waals surface area contributed by atoms with Crippen LogP contribution < -0.4 is 0 Å². The molecule has 1 saturated heterocycles. The monoisotopic (exact) mass is 170 g/mol. The Kier molecular flexibility index (Phi) is 3.33. The Bertz CT molecular complexity index is 136. The summed E-state index contributed by atoms with van der Waals surface area (Å²) in [5, 5.41) is 0.282. The van der Waals surface area contributed by atoms with Gasteiger partial charge in [0.25, 0.3) is 0 Å². The van der Waals surface area contributed by atoms with Gasteiger partial charge in [0.05, 0.1) is 5.22 Å². The molecule has 0 spiro atoms. The van der Waals surface area contributed by atoms with Crippen LogP contribution in [0, 0.1) is 0 Å². The van der Waals surface area contributed by atoms with Crippen molar-refractivity contribution in [3.8, 4) is 0 Å². The van der Waals surface area contributed by atoms with Gasteiger partial charge in [0.2, 0.25) is 0 Å². The van der Waals surface area contributed by atoms with Gasteiger partial charge < -0.3 is 4.74 Å². The molecule has 0 aromatic heterocycles. The molecule has 1 atom stereocenters. The van der Waals surface area contributed by atoms with Crippen LogP contribution in [-0.2, 0) is 4.74 Å². The lowest BCUT2D eigenvalue weighted by Gasteiger charge is -2.33. The molecule has 1 aliphatic heterocycles. The molecule has 0 aromatic carbocycles. The van der Waals surface area contributed by atoms with Crippen LogP contribution in [0.3, 0.4) is 0 Å². The normalized spacial score (nSPS) is 33.2. The second-order valence-corrected chi connectivity index (χ2v) is 5.35. The van der Waals surface area contributed by atoms with E-state index in [2.05, 4.69) is 19.1 Å². The molecule has 0 bridgehead atoms. The summed E-state index contributed by atoms with van der Waals surface area (Å²) >= 11 is 0. The fraction of sp³-hybridized carbons (Fsp3) is 0.778. The van der Waals surface area contributed by atoms with Crippen LogP contribution in [0.4, 0.5) is 0 Å². The standard InChI is InChI=1S/C9H18OSi/c1-2-3-6-9(11)7-4-5-8-10-9/h2-3H,4-8H2,1,11H3. The number of hydrogen-bond donors (Lipinski definition) is 0. The first-order valence-corrected chi connectivity index (χ1v) is 5.52. The van der Waals surface area contributed by atoms with Crippen molar-refractivity contribution in [3.05, 3.63) is 12.2 Å². The van der Waals surface area contributed by atoms with E-state index in [1.54, 1.807) is 0 Å². The van der Waals surface area contributed by atoms with Crippen LogP contribution in [0.25, 0.3) is 0 Å². The summed E-state index contributed by atoms with van der Waals surface area (Å²) in [5.74, 6) is 0. The highest BCUT2D eigenvalue weighted by atomic mass is 28.1. The van der Waals surface area contributed by atoms with Crippen molar-refractivity contribution in [2.75, 3.05) is 6.61 Å². The lowest BCUT2D eigenvalue weighted by atomic mass is 10.1. The lowest BCUT2D eigenvalue weighted by Crippen LogP contribution is -2.36. The van der Waals surface area contributed by atoms with Crippen LogP contribution in [0.1, 0.15) is 32.6 Å². The first-order valence-electron chi connectivity index (χ1n) is 4.52. The minimum absolute atomic E-state index is 0.282. The maximum Gasteiger partial charge on any atom is 0.0519 e. The van der Waals surface area contributed by atoms with Gasteiger partial charge in [0, 0.05) is 16.8 Å². The Morgan fingerprint density at radius 2 is 2.36 bits per heavy atom. The average molecular weight is 170 g/mol. The molecule has 2 heteroatoms. The van der Waals surface area contributed by atoms with Gasteiger partial charge in [0.15, 0.2) is 0 Å². The second-order valence-electron chi connectivity index (χ2n) is 3.53. The molecule has 1 rings (SSSR count). The number of ether oxygens (including phenoxy) is 1. The Hall–Kier alpha value is -0.0831. The second kappa shape index (κ2) is 4.07. The van der Waals surface area contributed by atoms with Crippen LogP contribution >= 0.6 is 0 Å². The van der Waals surface area contributed by atoms with Crippen molar-refractivity contribution in [2.45, 2.75) is 37.8 Å². The molecule has 1 heterocycles. The van der Waals surface area contributed by atoms with Gasteiger partial charge in [-0.25, -0.2) is 0 Å². The maximum atomic E-state index is 5.78. The molecule has 0 aliphatic carbocycles. The fourth-order valence-electron chi connectivity index (χ4n) is 1.52. The van der Waals surface area contributed by atoms with E-state index in [-0.39, 0.29) is 5.22 Å². The van der Waals surface area contributed by atoms with Crippen molar-refractivity contribution in [3.63, 3.8) is 0 Å². The van der Waals surface area contributed by atoms with Crippen LogP contribution in [-0.4, -0.2) is 22.1 Å². The summed E-state index contributed by atoms with van der Waals surface area (Å²) in [6.07, 6.45) is 9.40. The molecule has 0 aromatic rings. The average Bonchev–Trinajstić information content (AvgIpc) is 2.03. The van der Waals surface area contributed by atoms with Gasteiger partial charge in [-0.05, 0) is 32.6 Å². The van der Waals surface area contributed by atoms with Crippen LogP contribution in [0.2, 0.25) is 0 Å². The Labute approximate surface area is 72.2 Å². The molecule has 0 radical (unpaired) electrons. The minimum Gasteiger partial charge on any atom is -0.379 e. The highest BCUT2D eigenvalue weighted by Gasteiger charge is 2.25. The highest BCUT2D eigenvalue weighted by Crippen LogP contribution is 2.25. The summed E-state index contributed by atoms with van der Waals surface area (Å²) in [6, 6.07) is 0. The summed E-state index contributed by atoms with van der Waals surface area (Å²) in [4.78, 5) is 0. The quantitative estimate of drug-likeness (QED) is 0.447. The molecule has 1 aliphatic rings. The van der Waals surface area contributed by atoms with Crippen LogP contribution in [0.15, 0.2) is 12.2 Å². The molecule has 1 fully saturated rings. The SMILES string of the molecule is CC=CCC1([SiH3])CCCCO1. The zero-order valence-corrected chi connectivity index (χ0v) is 9.60. The van der Waals surface area contributed by atoms with Gasteiger partial charge in [-0.2, -0.15) is 0 Å². The van der Waals surface area contributed by atoms with Crippen molar-refractivity contribution in [1.82, 2.24) is 0 Å². The lowest BCUT2D eigenvalue weighted by molar-refractivity contribution is -0.0151. The van der Waals surface area contributed by atoms with E-state index >= 15 is 0 Å². The molecule has 0 N–H and O–H groups in total. The first kappa shape index (κ1) is 9.01. The fourth-order valence-corrected chi connectivity index (χ4v) is 2.31. The van der Waals surface area contributed by atoms with E-state index in [0.717, 1.165) is 13.0 Å². The summed E-state index contributed by atoms with van der Waals surface area (Å²) < 4.78 is 5.78. The zero-order valence-electron chi connectivity index (χ0n) is 7.60. The highest BCUT2D eigenvalue weighted by molar-refractivity contribution is 6.14. The molecule has 0 saturated carbocycles. The molecule has 0 amide bonds. The van der Waals surface area contributed by atoms with Gasteiger partial charge in [-0.3, -0.25) is 0 Å². The van der Waals surface area contributed by atoms with E-state index in [0.29, 0.717) is 0 Å². The third kappa shape index (κ3) is 2.79. The third-order valence-electron chi connectivity index (χ3n) is 2.34. The van der Waals surface area contributed by atoms with E-state index in [1.807, 2.05) is 0 Å². The largest absolute Gasteiger partial charge is 0.379 e. The summed E-state index contributed by atoms with van der Waals surface area (Å²) in [7, 11) is 1.17. The molecule has 1 nitrogen and oxygen atoms in total. The van der Waals surface area contributed by atoms with Crippen LogP contribution in [0.5, 0.6) is 0 Å². The van der Waals surface area contributed by atoms with E-state index in [9.17, 15) is 0 Å². The summed E-state index contributed by atoms with van der Waals surface area (Å²) in [6.45, 7) is 3.06. The number of hydrogen-bond acceptors (Lipinski definition) is 1. The van der Waals surface area contributed by atoms with Crippen molar-refractivity contribution >= 4 is 10.2 Å². The van der Waals surface area contributed by atoms with E-state index < -0.39 is 0 Å². The Morgan fingerprint density at radius 1 is 1.55 bits per heavy atom. The van der Waals surface area contributed by atoms with Gasteiger partial charge in [-0.15, -0.1) is 0 Å². The van der Waals surface area contributed by atoms with Gasteiger partial charge >= 0.3 is 0 Å². The molecular weight excluding hydrogens is 152 g/mol. The maximum absolute atomic E-state index is 5.78. The topological polar surface area (TPSA) is 9.23 Å². The zero-order chi connectivity index (χ0) is 8.16. The van der Waals surface area contributed by atoms with Gasteiger partial charge in [-0.1, -0.05) is 12.2 Å². The van der Waals surface area contributed by atoms with E-state index in [1.165, 1.54) is 29.5 Å². The molecule has 11 heavy (non-hydrogen) atoms. The van der Waals surface area contributed by atoms with Crippen molar-refractivity contribution in [2.24, 2.45) is 0 Å². The molecular formula is C9H18OSi.